The summed E-state index contributed by atoms with van der Waals surface area (Å²) in [5.74, 6) is -0.321. The standard InChI is InChI=1S/C17H18F3N5O3S/c18-17(19,20)12-3-1-2-11(8-12)16-21-23-24(22-16)9-15(26)25(13-4-5-13)14-6-7-29(27,28)10-14/h1-3,8,13-14H,4-7,9-10H2. The Balaban J connectivity index is 1.49. The van der Waals surface area contributed by atoms with Crippen LogP contribution in [0.2, 0.25) is 0 Å². The van der Waals surface area contributed by atoms with Crippen molar-refractivity contribution >= 4 is 15.7 Å². The number of rotatable bonds is 5. The highest BCUT2D eigenvalue weighted by Crippen LogP contribution is 2.33. The maximum absolute atomic E-state index is 12.9. The van der Waals surface area contributed by atoms with Crippen LogP contribution in [0.25, 0.3) is 11.4 Å². The molecule has 0 bridgehead atoms. The molecule has 1 aromatic heterocycles. The highest BCUT2D eigenvalue weighted by molar-refractivity contribution is 7.91. The fourth-order valence-electron chi connectivity index (χ4n) is 3.52. The molecule has 2 fully saturated rings. The van der Waals surface area contributed by atoms with Crippen molar-refractivity contribution in [3.63, 3.8) is 0 Å². The van der Waals surface area contributed by atoms with Gasteiger partial charge in [-0.05, 0) is 36.6 Å². The molecule has 8 nitrogen and oxygen atoms in total. The average molecular weight is 429 g/mol. The lowest BCUT2D eigenvalue weighted by Crippen LogP contribution is -2.44. The van der Waals surface area contributed by atoms with Gasteiger partial charge in [-0.25, -0.2) is 8.42 Å². The number of nitrogens with zero attached hydrogens (tertiary/aromatic N) is 5. The van der Waals surface area contributed by atoms with Gasteiger partial charge in [0.2, 0.25) is 11.7 Å². The maximum atomic E-state index is 12.9. The number of carbonyl (C=O) groups is 1. The molecule has 4 rings (SSSR count). The van der Waals surface area contributed by atoms with Gasteiger partial charge < -0.3 is 4.90 Å². The summed E-state index contributed by atoms with van der Waals surface area (Å²) in [5, 5.41) is 11.5. The monoisotopic (exact) mass is 429 g/mol. The summed E-state index contributed by atoms with van der Waals surface area (Å²) < 4.78 is 62.2. The molecule has 1 unspecified atom stereocenters. The minimum absolute atomic E-state index is 0.0206. The molecule has 2 aromatic rings. The first-order valence-corrected chi connectivity index (χ1v) is 10.9. The molecule has 29 heavy (non-hydrogen) atoms. The van der Waals surface area contributed by atoms with Crippen molar-refractivity contribution in [3.8, 4) is 11.4 Å². The van der Waals surface area contributed by atoms with E-state index in [1.807, 2.05) is 0 Å². The van der Waals surface area contributed by atoms with Gasteiger partial charge in [0.15, 0.2) is 9.84 Å². The summed E-state index contributed by atoms with van der Waals surface area (Å²) in [6.45, 7) is -0.251. The number of carbonyl (C=O) groups excluding carboxylic acids is 1. The Morgan fingerprint density at radius 2 is 1.97 bits per heavy atom. The Hall–Kier alpha value is -2.50. The predicted octanol–water partition coefficient (Wildman–Crippen LogP) is 1.54. The Morgan fingerprint density at radius 1 is 1.21 bits per heavy atom. The first-order chi connectivity index (χ1) is 13.6. The summed E-state index contributed by atoms with van der Waals surface area (Å²) in [5.41, 5.74) is -0.691. The van der Waals surface area contributed by atoms with Crippen LogP contribution in [-0.4, -0.2) is 63.0 Å². The third-order valence-corrected chi connectivity index (χ3v) is 6.76. The van der Waals surface area contributed by atoms with Crippen molar-refractivity contribution < 1.29 is 26.4 Å². The first-order valence-electron chi connectivity index (χ1n) is 9.09. The minimum atomic E-state index is -4.49. The Bertz CT molecular complexity index is 1030. The smallest absolute Gasteiger partial charge is 0.334 e. The highest BCUT2D eigenvalue weighted by Gasteiger charge is 2.42. The molecule has 2 aliphatic rings. The van der Waals surface area contributed by atoms with Crippen molar-refractivity contribution in [2.24, 2.45) is 0 Å². The van der Waals surface area contributed by atoms with Gasteiger partial charge in [0.05, 0.1) is 17.1 Å². The summed E-state index contributed by atoms with van der Waals surface area (Å²) in [4.78, 5) is 15.4. The van der Waals surface area contributed by atoms with Crippen LogP contribution in [0.1, 0.15) is 24.8 Å². The second-order valence-corrected chi connectivity index (χ2v) is 9.54. The number of hydrogen-bond acceptors (Lipinski definition) is 6. The highest BCUT2D eigenvalue weighted by atomic mass is 32.2. The molecular formula is C17H18F3N5O3S. The fourth-order valence-corrected chi connectivity index (χ4v) is 5.23. The number of aromatic nitrogens is 4. The molecule has 156 valence electrons. The minimum Gasteiger partial charge on any atom is -0.334 e. The average Bonchev–Trinajstić information content (AvgIpc) is 3.24. The number of amides is 1. The van der Waals surface area contributed by atoms with Crippen molar-refractivity contribution in [2.75, 3.05) is 11.5 Å². The predicted molar refractivity (Wildman–Crippen MR) is 95.2 cm³/mol. The number of halogens is 3. The van der Waals surface area contributed by atoms with E-state index in [9.17, 15) is 26.4 Å². The van der Waals surface area contributed by atoms with E-state index in [1.165, 1.54) is 12.1 Å². The Kier molecular flexibility index (Phi) is 4.83. The third-order valence-electron chi connectivity index (χ3n) is 5.01. The topological polar surface area (TPSA) is 98.1 Å². The Labute approximate surface area is 164 Å². The SMILES string of the molecule is O=C(Cn1nnc(-c2cccc(C(F)(F)F)c2)n1)N(C1CC1)C1CCS(=O)(=O)C1. The van der Waals surface area contributed by atoms with Gasteiger partial charge >= 0.3 is 6.18 Å². The number of alkyl halides is 3. The van der Waals surface area contributed by atoms with Crippen LogP contribution in [-0.2, 0) is 27.4 Å². The second kappa shape index (κ2) is 7.08. The summed E-state index contributed by atoms with van der Waals surface area (Å²) >= 11 is 0. The van der Waals surface area contributed by atoms with Crippen molar-refractivity contribution in [3.05, 3.63) is 29.8 Å². The van der Waals surface area contributed by atoms with E-state index in [4.69, 9.17) is 0 Å². The number of benzene rings is 1. The van der Waals surface area contributed by atoms with Crippen LogP contribution in [0.3, 0.4) is 0 Å². The van der Waals surface area contributed by atoms with Gasteiger partial charge in [-0.1, -0.05) is 12.1 Å². The quantitative estimate of drug-likeness (QED) is 0.715. The molecular weight excluding hydrogens is 411 g/mol. The molecule has 0 radical (unpaired) electrons. The summed E-state index contributed by atoms with van der Waals surface area (Å²) in [6, 6.07) is 4.21. The van der Waals surface area contributed by atoms with E-state index in [2.05, 4.69) is 15.4 Å². The van der Waals surface area contributed by atoms with Crippen LogP contribution in [0.5, 0.6) is 0 Å². The zero-order chi connectivity index (χ0) is 20.8. The molecule has 0 N–H and O–H groups in total. The van der Waals surface area contributed by atoms with Crippen LogP contribution in [0.4, 0.5) is 13.2 Å². The van der Waals surface area contributed by atoms with Gasteiger partial charge in [0.1, 0.15) is 6.54 Å². The van der Waals surface area contributed by atoms with E-state index in [0.717, 1.165) is 29.8 Å². The van der Waals surface area contributed by atoms with Gasteiger partial charge in [-0.3, -0.25) is 4.79 Å². The molecule has 1 amide bonds. The molecule has 1 aliphatic heterocycles. The molecule has 1 atom stereocenters. The molecule has 0 spiro atoms. The van der Waals surface area contributed by atoms with Crippen LogP contribution < -0.4 is 0 Å². The Morgan fingerprint density at radius 3 is 2.59 bits per heavy atom. The maximum Gasteiger partial charge on any atom is 0.416 e. The van der Waals surface area contributed by atoms with E-state index in [-0.39, 0.29) is 47.4 Å². The number of tetrazole rings is 1. The van der Waals surface area contributed by atoms with E-state index in [1.54, 1.807) is 4.90 Å². The molecule has 1 saturated carbocycles. The molecule has 2 heterocycles. The lowest BCUT2D eigenvalue weighted by molar-refractivity contribution is -0.137. The summed E-state index contributed by atoms with van der Waals surface area (Å²) in [6.07, 6.45) is -2.44. The van der Waals surface area contributed by atoms with Gasteiger partial charge in [-0.2, -0.15) is 18.0 Å². The van der Waals surface area contributed by atoms with Crippen LogP contribution in [0.15, 0.2) is 24.3 Å². The molecule has 12 heteroatoms. The first kappa shape index (κ1) is 19.8. The normalized spacial score (nSPS) is 21.3. The fraction of sp³-hybridized carbons (Fsp3) is 0.529. The van der Waals surface area contributed by atoms with E-state index < -0.39 is 21.6 Å². The lowest BCUT2D eigenvalue weighted by Gasteiger charge is -2.28. The lowest BCUT2D eigenvalue weighted by atomic mass is 10.1. The van der Waals surface area contributed by atoms with Crippen LogP contribution >= 0.6 is 0 Å². The van der Waals surface area contributed by atoms with E-state index >= 15 is 0 Å². The van der Waals surface area contributed by atoms with Gasteiger partial charge in [0, 0.05) is 17.6 Å². The van der Waals surface area contributed by atoms with E-state index in [0.29, 0.717) is 6.42 Å². The van der Waals surface area contributed by atoms with Crippen molar-refractivity contribution in [1.82, 2.24) is 25.1 Å². The molecule has 1 aromatic carbocycles. The largest absolute Gasteiger partial charge is 0.416 e. The number of sulfone groups is 1. The van der Waals surface area contributed by atoms with Crippen LogP contribution in [0, 0.1) is 0 Å². The zero-order valence-electron chi connectivity index (χ0n) is 15.2. The third kappa shape index (κ3) is 4.41. The second-order valence-electron chi connectivity index (χ2n) is 7.31. The number of hydrogen-bond donors (Lipinski definition) is 0. The van der Waals surface area contributed by atoms with Crippen molar-refractivity contribution in [1.29, 1.82) is 0 Å². The zero-order valence-corrected chi connectivity index (χ0v) is 16.0. The molecule has 1 aliphatic carbocycles. The summed E-state index contributed by atoms with van der Waals surface area (Å²) in [7, 11) is -3.14. The van der Waals surface area contributed by atoms with Crippen molar-refractivity contribution in [2.45, 2.75) is 44.1 Å². The van der Waals surface area contributed by atoms with Gasteiger partial charge in [-0.15, -0.1) is 10.2 Å². The molecule has 1 saturated heterocycles. The van der Waals surface area contributed by atoms with Gasteiger partial charge in [0.25, 0.3) is 0 Å².